The van der Waals surface area contributed by atoms with E-state index in [1.807, 2.05) is 0 Å². The average molecular weight is 306 g/mol. The van der Waals surface area contributed by atoms with Crippen molar-refractivity contribution in [2.75, 3.05) is 32.1 Å². The minimum atomic E-state index is -1.12. The Balaban J connectivity index is 2.42. The lowest BCUT2D eigenvalue weighted by molar-refractivity contribution is -0.140. The maximum absolute atomic E-state index is 12.1. The highest BCUT2D eigenvalue weighted by atomic mass is 16.5. The molecule has 0 bridgehead atoms. The van der Waals surface area contributed by atoms with Gasteiger partial charge in [-0.15, -0.1) is 0 Å². The van der Waals surface area contributed by atoms with Gasteiger partial charge in [-0.3, -0.25) is 14.5 Å². The van der Waals surface area contributed by atoms with E-state index in [0.717, 1.165) is 4.90 Å². The van der Waals surface area contributed by atoms with Crippen molar-refractivity contribution < 1.29 is 24.2 Å². The molecule has 1 N–H and O–H groups in total. The molecule has 1 amide bonds. The highest BCUT2D eigenvalue weighted by molar-refractivity contribution is 6.05. The number of fused-ring (bicyclic) bond motifs is 1. The van der Waals surface area contributed by atoms with Crippen LogP contribution in [0.2, 0.25) is 0 Å². The first-order valence-corrected chi connectivity index (χ1v) is 6.81. The number of anilines is 1. The number of carbonyl (C=O) groups is 3. The molecule has 1 heterocycles. The van der Waals surface area contributed by atoms with Gasteiger partial charge in [0.2, 0.25) is 0 Å². The van der Waals surface area contributed by atoms with Crippen LogP contribution in [-0.4, -0.2) is 61.0 Å². The molecule has 7 nitrogen and oxygen atoms in total. The van der Waals surface area contributed by atoms with Gasteiger partial charge in [0.05, 0.1) is 12.2 Å². The number of ketones is 1. The number of rotatable bonds is 5. The SMILES string of the molecule is CC(C(=O)O)N1C(=O)COc2ccc(C(=O)CN(C)C)cc21. The average Bonchev–Trinajstić information content (AvgIpc) is 2.45. The summed E-state index contributed by atoms with van der Waals surface area (Å²) in [6.45, 7) is 1.43. The van der Waals surface area contributed by atoms with Crippen molar-refractivity contribution in [3.63, 3.8) is 0 Å². The van der Waals surface area contributed by atoms with Crippen LogP contribution in [0.15, 0.2) is 18.2 Å². The van der Waals surface area contributed by atoms with Crippen LogP contribution >= 0.6 is 0 Å². The molecule has 0 fully saturated rings. The summed E-state index contributed by atoms with van der Waals surface area (Å²) in [6.07, 6.45) is 0. The largest absolute Gasteiger partial charge is 0.482 e. The highest BCUT2D eigenvalue weighted by Crippen LogP contribution is 2.34. The summed E-state index contributed by atoms with van der Waals surface area (Å²) in [7, 11) is 3.56. The Labute approximate surface area is 128 Å². The fourth-order valence-corrected chi connectivity index (χ4v) is 2.26. The molecule has 0 saturated carbocycles. The summed E-state index contributed by atoms with van der Waals surface area (Å²) in [5.41, 5.74) is 0.726. The normalized spacial score (nSPS) is 15.3. The summed E-state index contributed by atoms with van der Waals surface area (Å²) in [5, 5.41) is 9.17. The third kappa shape index (κ3) is 3.09. The number of likely N-dealkylation sites (N-methyl/N-ethyl adjacent to an activating group) is 1. The molecule has 1 aromatic rings. The molecule has 0 spiro atoms. The van der Waals surface area contributed by atoms with Gasteiger partial charge in [0.1, 0.15) is 11.8 Å². The van der Waals surface area contributed by atoms with Crippen LogP contribution in [-0.2, 0) is 9.59 Å². The van der Waals surface area contributed by atoms with Crippen molar-refractivity contribution in [1.29, 1.82) is 0 Å². The van der Waals surface area contributed by atoms with Crippen molar-refractivity contribution in [1.82, 2.24) is 4.90 Å². The topological polar surface area (TPSA) is 87.1 Å². The lowest BCUT2D eigenvalue weighted by atomic mass is 10.1. The standard InChI is InChI=1S/C15H18N2O5/c1-9(15(20)21)17-11-6-10(12(18)7-16(2)3)4-5-13(11)22-8-14(17)19/h4-6,9H,7-8H2,1-3H3,(H,20,21). The van der Waals surface area contributed by atoms with E-state index < -0.39 is 17.9 Å². The van der Waals surface area contributed by atoms with E-state index in [-0.39, 0.29) is 18.9 Å². The molecule has 0 radical (unpaired) electrons. The fourth-order valence-electron chi connectivity index (χ4n) is 2.26. The Morgan fingerprint density at radius 3 is 2.68 bits per heavy atom. The molecule has 1 atom stereocenters. The molecular weight excluding hydrogens is 288 g/mol. The van der Waals surface area contributed by atoms with Crippen molar-refractivity contribution in [2.24, 2.45) is 0 Å². The molecule has 0 aromatic heterocycles. The van der Waals surface area contributed by atoms with Crippen molar-refractivity contribution >= 4 is 23.3 Å². The third-order valence-corrected chi connectivity index (χ3v) is 3.36. The zero-order valence-corrected chi connectivity index (χ0v) is 12.7. The number of carbonyl (C=O) groups excluding carboxylic acids is 2. The number of nitrogens with zero attached hydrogens (tertiary/aromatic N) is 2. The van der Waals surface area contributed by atoms with Crippen LogP contribution in [0.5, 0.6) is 5.75 Å². The predicted octanol–water partition coefficient (Wildman–Crippen LogP) is 0.629. The molecule has 1 aromatic carbocycles. The molecule has 1 aliphatic heterocycles. The van der Waals surface area contributed by atoms with Crippen LogP contribution in [0.1, 0.15) is 17.3 Å². The number of carboxylic acids is 1. The van der Waals surface area contributed by atoms with Crippen molar-refractivity contribution in [3.8, 4) is 5.75 Å². The lowest BCUT2D eigenvalue weighted by Gasteiger charge is -2.32. The molecule has 1 unspecified atom stereocenters. The van der Waals surface area contributed by atoms with Gasteiger partial charge in [-0.2, -0.15) is 0 Å². The number of aliphatic carboxylic acids is 1. The fraction of sp³-hybridized carbons (Fsp3) is 0.400. The smallest absolute Gasteiger partial charge is 0.326 e. The number of benzene rings is 1. The van der Waals surface area contributed by atoms with Gasteiger partial charge in [-0.25, -0.2) is 4.79 Å². The number of hydrogen-bond acceptors (Lipinski definition) is 5. The van der Waals surface area contributed by atoms with Gasteiger partial charge in [-0.05, 0) is 39.2 Å². The second-order valence-electron chi connectivity index (χ2n) is 5.41. The summed E-state index contributed by atoms with van der Waals surface area (Å²) in [6, 6.07) is 3.68. The molecule has 2 rings (SSSR count). The van der Waals surface area contributed by atoms with Gasteiger partial charge in [0.15, 0.2) is 12.4 Å². The molecule has 118 valence electrons. The minimum Gasteiger partial charge on any atom is -0.482 e. The van der Waals surface area contributed by atoms with E-state index in [4.69, 9.17) is 9.84 Å². The minimum absolute atomic E-state index is 0.117. The van der Waals surface area contributed by atoms with E-state index in [9.17, 15) is 14.4 Å². The molecule has 0 aliphatic carbocycles. The number of Topliss-reactive ketones (excluding diaryl/α,β-unsaturated/α-hetero) is 1. The summed E-state index contributed by atoms with van der Waals surface area (Å²) in [5.74, 6) is -1.28. The van der Waals surface area contributed by atoms with Crippen LogP contribution in [0.3, 0.4) is 0 Å². The summed E-state index contributed by atoms with van der Waals surface area (Å²) in [4.78, 5) is 38.2. The van der Waals surface area contributed by atoms with Crippen molar-refractivity contribution in [2.45, 2.75) is 13.0 Å². The van der Waals surface area contributed by atoms with Crippen molar-refractivity contribution in [3.05, 3.63) is 23.8 Å². The molecular formula is C15H18N2O5. The molecule has 0 saturated heterocycles. The van der Waals surface area contributed by atoms with E-state index >= 15 is 0 Å². The number of ether oxygens (including phenoxy) is 1. The Hall–Kier alpha value is -2.41. The summed E-state index contributed by atoms with van der Waals surface area (Å²) < 4.78 is 5.31. The monoisotopic (exact) mass is 306 g/mol. The third-order valence-electron chi connectivity index (χ3n) is 3.36. The van der Waals surface area contributed by atoms with E-state index in [2.05, 4.69) is 0 Å². The molecule has 22 heavy (non-hydrogen) atoms. The van der Waals surface area contributed by atoms with E-state index in [1.54, 1.807) is 31.1 Å². The lowest BCUT2D eigenvalue weighted by Crippen LogP contribution is -2.48. The summed E-state index contributed by atoms with van der Waals surface area (Å²) >= 11 is 0. The van der Waals surface area contributed by atoms with E-state index in [0.29, 0.717) is 17.0 Å². The van der Waals surface area contributed by atoms with Gasteiger partial charge in [0, 0.05) is 5.56 Å². The van der Waals surface area contributed by atoms with Gasteiger partial charge >= 0.3 is 5.97 Å². The Kier molecular flexibility index (Phi) is 4.46. The quantitative estimate of drug-likeness (QED) is 0.803. The molecule has 7 heteroatoms. The Bertz CT molecular complexity index is 626. The van der Waals surface area contributed by atoms with Gasteiger partial charge in [-0.1, -0.05) is 0 Å². The number of carboxylic acid groups (broad SMARTS) is 1. The van der Waals surface area contributed by atoms with Gasteiger partial charge in [0.25, 0.3) is 5.91 Å². The number of amides is 1. The Morgan fingerprint density at radius 1 is 1.41 bits per heavy atom. The first-order chi connectivity index (χ1) is 10.3. The van der Waals surface area contributed by atoms with Crippen LogP contribution in [0.25, 0.3) is 0 Å². The zero-order valence-electron chi connectivity index (χ0n) is 12.7. The first kappa shape index (κ1) is 16.0. The van der Waals surface area contributed by atoms with Crippen LogP contribution in [0, 0.1) is 0 Å². The first-order valence-electron chi connectivity index (χ1n) is 6.81. The van der Waals surface area contributed by atoms with E-state index in [1.165, 1.54) is 13.0 Å². The number of hydrogen-bond donors (Lipinski definition) is 1. The maximum Gasteiger partial charge on any atom is 0.326 e. The zero-order chi connectivity index (χ0) is 16.4. The Morgan fingerprint density at radius 2 is 2.09 bits per heavy atom. The maximum atomic E-state index is 12.1. The van der Waals surface area contributed by atoms with Crippen LogP contribution < -0.4 is 9.64 Å². The molecule has 1 aliphatic rings. The van der Waals surface area contributed by atoms with Gasteiger partial charge < -0.3 is 14.7 Å². The predicted molar refractivity (Wildman–Crippen MR) is 79.4 cm³/mol. The second-order valence-corrected chi connectivity index (χ2v) is 5.41. The second kappa shape index (κ2) is 6.15. The highest BCUT2D eigenvalue weighted by Gasteiger charge is 2.33. The van der Waals surface area contributed by atoms with Crippen LogP contribution in [0.4, 0.5) is 5.69 Å².